The maximum absolute atomic E-state index is 4.41. The first kappa shape index (κ1) is 19.0. The highest BCUT2D eigenvalue weighted by Crippen LogP contribution is 2.15. The molecule has 7 nitrogen and oxygen atoms in total. The first-order valence-electron chi connectivity index (χ1n) is 7.77. The van der Waals surface area contributed by atoms with Crippen molar-refractivity contribution in [3.63, 3.8) is 0 Å². The van der Waals surface area contributed by atoms with E-state index in [1.54, 1.807) is 13.2 Å². The highest BCUT2D eigenvalue weighted by molar-refractivity contribution is 14.0. The van der Waals surface area contributed by atoms with E-state index in [2.05, 4.69) is 42.8 Å². The molecule has 3 aromatic rings. The Balaban J connectivity index is 0.00000225. The Morgan fingerprint density at radius 3 is 2.60 bits per heavy atom. The fourth-order valence-corrected chi connectivity index (χ4v) is 2.35. The van der Waals surface area contributed by atoms with Gasteiger partial charge in [0.25, 0.3) is 0 Å². The fraction of sp³-hybridized carbons (Fsp3) is 0.235. The summed E-state index contributed by atoms with van der Waals surface area (Å²) in [5.74, 6) is 1.58. The number of aryl methyl sites for hydroxylation is 1. The van der Waals surface area contributed by atoms with Gasteiger partial charge in [0.05, 0.1) is 30.7 Å². The Morgan fingerprint density at radius 1 is 1.16 bits per heavy atom. The van der Waals surface area contributed by atoms with Crippen LogP contribution < -0.4 is 10.6 Å². The minimum atomic E-state index is 0. The Labute approximate surface area is 164 Å². The van der Waals surface area contributed by atoms with Crippen molar-refractivity contribution in [2.24, 2.45) is 12.0 Å². The molecule has 0 aliphatic carbocycles. The summed E-state index contributed by atoms with van der Waals surface area (Å²) in [6.07, 6.45) is 3.62. The van der Waals surface area contributed by atoms with Gasteiger partial charge in [-0.2, -0.15) is 5.10 Å². The molecular formula is C17H22IN7. The van der Waals surface area contributed by atoms with Crippen LogP contribution in [0.5, 0.6) is 0 Å². The number of imidazole rings is 1. The Hall–Kier alpha value is -2.36. The van der Waals surface area contributed by atoms with Gasteiger partial charge < -0.3 is 15.6 Å². The molecule has 0 bridgehead atoms. The second-order valence-electron chi connectivity index (χ2n) is 5.34. The highest BCUT2D eigenvalue weighted by Gasteiger charge is 2.05. The predicted octanol–water partition coefficient (Wildman–Crippen LogP) is 2.29. The minimum absolute atomic E-state index is 0. The van der Waals surface area contributed by atoms with E-state index in [0.717, 1.165) is 22.8 Å². The zero-order chi connectivity index (χ0) is 16.8. The number of aliphatic imine (C=N–C) groups is 1. The molecule has 25 heavy (non-hydrogen) atoms. The van der Waals surface area contributed by atoms with Gasteiger partial charge in [-0.15, -0.1) is 24.0 Å². The van der Waals surface area contributed by atoms with Crippen LogP contribution in [-0.4, -0.2) is 32.8 Å². The number of halogens is 1. The van der Waals surface area contributed by atoms with Crippen molar-refractivity contribution in [2.45, 2.75) is 13.1 Å². The molecule has 0 atom stereocenters. The van der Waals surface area contributed by atoms with Crippen molar-refractivity contribution in [3.8, 4) is 11.3 Å². The molecule has 0 spiro atoms. The van der Waals surface area contributed by atoms with Crippen LogP contribution in [0.1, 0.15) is 11.5 Å². The van der Waals surface area contributed by atoms with Crippen LogP contribution in [0, 0.1) is 0 Å². The monoisotopic (exact) mass is 451 g/mol. The van der Waals surface area contributed by atoms with Gasteiger partial charge >= 0.3 is 0 Å². The first-order valence-corrected chi connectivity index (χ1v) is 7.77. The molecule has 0 radical (unpaired) electrons. The number of rotatable bonds is 5. The van der Waals surface area contributed by atoms with Gasteiger partial charge in [0, 0.05) is 20.3 Å². The molecule has 0 aliphatic heterocycles. The predicted molar refractivity (Wildman–Crippen MR) is 110 cm³/mol. The molecule has 0 fully saturated rings. The second-order valence-corrected chi connectivity index (χ2v) is 5.34. The molecule has 8 heteroatoms. The van der Waals surface area contributed by atoms with E-state index in [-0.39, 0.29) is 24.0 Å². The molecular weight excluding hydrogens is 429 g/mol. The molecule has 0 amide bonds. The molecule has 0 unspecified atom stereocenters. The number of hydrogen-bond acceptors (Lipinski definition) is 3. The average Bonchev–Trinajstić information content (AvgIpc) is 3.25. The summed E-state index contributed by atoms with van der Waals surface area (Å²) in [5.41, 5.74) is 3.21. The van der Waals surface area contributed by atoms with Gasteiger partial charge in [-0.1, -0.05) is 30.3 Å². The lowest BCUT2D eigenvalue weighted by atomic mass is 10.2. The minimum Gasteiger partial charge on any atom is -0.351 e. The van der Waals surface area contributed by atoms with Gasteiger partial charge in [-0.05, 0) is 11.6 Å². The zero-order valence-electron chi connectivity index (χ0n) is 14.2. The average molecular weight is 451 g/mol. The maximum Gasteiger partial charge on any atom is 0.191 e. The molecule has 3 rings (SSSR count). The normalized spacial score (nSPS) is 11.0. The van der Waals surface area contributed by atoms with Crippen LogP contribution in [0.25, 0.3) is 11.3 Å². The van der Waals surface area contributed by atoms with Crippen molar-refractivity contribution in [1.82, 2.24) is 30.4 Å². The zero-order valence-corrected chi connectivity index (χ0v) is 16.6. The van der Waals surface area contributed by atoms with Crippen molar-refractivity contribution >= 4 is 29.9 Å². The number of nitrogens with one attached hydrogen (secondary N) is 3. The number of aromatic nitrogens is 4. The lowest BCUT2D eigenvalue weighted by molar-refractivity contribution is 0.682. The van der Waals surface area contributed by atoms with E-state index >= 15 is 0 Å². The van der Waals surface area contributed by atoms with Gasteiger partial charge in [-0.25, -0.2) is 4.98 Å². The standard InChI is InChI=1S/C17H21N7.HI/c1-18-17(20-10-14-8-9-22-24(14)2)21-12-16-19-11-15(23-16)13-6-4-3-5-7-13;/h3-9,11H,10,12H2,1-2H3,(H,19,23)(H2,18,20,21);1H. The summed E-state index contributed by atoms with van der Waals surface area (Å²) >= 11 is 0. The van der Waals surface area contributed by atoms with Gasteiger partial charge in [0.15, 0.2) is 5.96 Å². The van der Waals surface area contributed by atoms with Crippen LogP contribution >= 0.6 is 24.0 Å². The van der Waals surface area contributed by atoms with E-state index in [1.165, 1.54) is 0 Å². The molecule has 2 heterocycles. The maximum atomic E-state index is 4.41. The van der Waals surface area contributed by atoms with Crippen LogP contribution in [0.3, 0.4) is 0 Å². The molecule has 132 valence electrons. The molecule has 0 saturated heterocycles. The van der Waals surface area contributed by atoms with Crippen LogP contribution in [-0.2, 0) is 20.1 Å². The summed E-state index contributed by atoms with van der Waals surface area (Å²) in [4.78, 5) is 11.9. The van der Waals surface area contributed by atoms with E-state index in [4.69, 9.17) is 0 Å². The summed E-state index contributed by atoms with van der Waals surface area (Å²) in [6.45, 7) is 1.22. The van der Waals surface area contributed by atoms with Crippen molar-refractivity contribution in [3.05, 3.63) is 60.3 Å². The molecule has 0 aliphatic rings. The van der Waals surface area contributed by atoms with Crippen LogP contribution in [0.15, 0.2) is 53.8 Å². The largest absolute Gasteiger partial charge is 0.351 e. The van der Waals surface area contributed by atoms with Crippen LogP contribution in [0.4, 0.5) is 0 Å². The third-order valence-electron chi connectivity index (χ3n) is 3.72. The van der Waals surface area contributed by atoms with Crippen molar-refractivity contribution in [1.29, 1.82) is 0 Å². The molecule has 3 N–H and O–H groups in total. The Bertz CT molecular complexity index is 807. The van der Waals surface area contributed by atoms with Gasteiger partial charge in [0.2, 0.25) is 0 Å². The number of benzene rings is 1. The quantitative estimate of drug-likeness (QED) is 0.316. The van der Waals surface area contributed by atoms with Crippen molar-refractivity contribution < 1.29 is 0 Å². The summed E-state index contributed by atoms with van der Waals surface area (Å²) in [5, 5.41) is 10.7. The molecule has 2 aromatic heterocycles. The summed E-state index contributed by atoms with van der Waals surface area (Å²) in [6, 6.07) is 12.1. The summed E-state index contributed by atoms with van der Waals surface area (Å²) in [7, 11) is 3.66. The number of guanidine groups is 1. The van der Waals surface area contributed by atoms with Crippen molar-refractivity contribution in [2.75, 3.05) is 7.05 Å². The summed E-state index contributed by atoms with van der Waals surface area (Å²) < 4.78 is 1.83. The fourth-order valence-electron chi connectivity index (χ4n) is 2.35. The molecule has 0 saturated carbocycles. The lowest BCUT2D eigenvalue weighted by Crippen LogP contribution is -2.37. The topological polar surface area (TPSA) is 82.9 Å². The lowest BCUT2D eigenvalue weighted by Gasteiger charge is -2.11. The van der Waals surface area contributed by atoms with Crippen LogP contribution in [0.2, 0.25) is 0 Å². The number of aromatic amines is 1. The van der Waals surface area contributed by atoms with Gasteiger partial charge in [-0.3, -0.25) is 9.67 Å². The van der Waals surface area contributed by atoms with E-state index in [1.807, 2.05) is 42.2 Å². The molecule has 1 aromatic carbocycles. The number of hydrogen-bond donors (Lipinski definition) is 3. The third-order valence-corrected chi connectivity index (χ3v) is 3.72. The van der Waals surface area contributed by atoms with Gasteiger partial charge in [0.1, 0.15) is 5.82 Å². The first-order chi connectivity index (χ1) is 11.8. The van der Waals surface area contributed by atoms with E-state index in [0.29, 0.717) is 19.0 Å². The van der Waals surface area contributed by atoms with E-state index < -0.39 is 0 Å². The Kier molecular flexibility index (Phi) is 6.99. The number of nitrogens with zero attached hydrogens (tertiary/aromatic N) is 4. The SMILES string of the molecule is CN=C(NCc1ncc(-c2ccccc2)[nH]1)NCc1ccnn1C.I. The highest BCUT2D eigenvalue weighted by atomic mass is 127. The van der Waals surface area contributed by atoms with E-state index in [9.17, 15) is 0 Å². The number of H-pyrrole nitrogens is 1. The second kappa shape index (κ2) is 9.21. The smallest absolute Gasteiger partial charge is 0.191 e. The third kappa shape index (κ3) is 5.05. The Morgan fingerprint density at radius 2 is 1.92 bits per heavy atom.